The molecule has 1 heterocycles. The van der Waals surface area contributed by atoms with Crippen LogP contribution >= 0.6 is 0 Å². The first-order chi connectivity index (χ1) is 16.0. The molecule has 0 aliphatic carbocycles. The summed E-state index contributed by atoms with van der Waals surface area (Å²) in [6.45, 7) is -0.524. The number of rotatable bonds is 6. The summed E-state index contributed by atoms with van der Waals surface area (Å²) in [4.78, 5) is 38.3. The summed E-state index contributed by atoms with van der Waals surface area (Å²) in [5, 5.41) is 9.51. The molecule has 0 fully saturated rings. The highest BCUT2D eigenvalue weighted by atomic mass is 16.6. The number of allylic oxidation sites excluding steroid dienone is 1. The number of nitrogens with zero attached hydrogens (tertiary/aromatic N) is 2. The number of nitriles is 1. The number of benzene rings is 3. The molecule has 0 N–H and O–H groups in total. The highest BCUT2D eigenvalue weighted by Gasteiger charge is 2.36. The predicted octanol–water partition coefficient (Wildman–Crippen LogP) is 3.96. The lowest BCUT2D eigenvalue weighted by atomic mass is 10.0. The number of hydrogen-bond donors (Lipinski definition) is 0. The molecule has 0 radical (unpaired) electrons. The minimum Gasteiger partial charge on any atom is -0.493 e. The number of carbonyl (C=O) groups is 3. The van der Waals surface area contributed by atoms with Gasteiger partial charge in [0.05, 0.1) is 29.9 Å². The van der Waals surface area contributed by atoms with Gasteiger partial charge in [0.15, 0.2) is 11.5 Å². The van der Waals surface area contributed by atoms with Crippen molar-refractivity contribution in [3.63, 3.8) is 0 Å². The van der Waals surface area contributed by atoms with Gasteiger partial charge in [-0.25, -0.2) is 4.79 Å². The maximum atomic E-state index is 12.5. The molecule has 0 unspecified atom stereocenters. The molecular weight excluding hydrogens is 420 g/mol. The molecule has 0 bridgehead atoms. The molecule has 0 spiro atoms. The van der Waals surface area contributed by atoms with Gasteiger partial charge in [0, 0.05) is 0 Å². The number of ether oxygens (including phenoxy) is 2. The Hall–Kier alpha value is -4.70. The summed E-state index contributed by atoms with van der Waals surface area (Å²) in [6, 6.07) is 22.6. The molecule has 3 aromatic carbocycles. The van der Waals surface area contributed by atoms with Crippen LogP contribution in [0.4, 0.5) is 0 Å². The first-order valence-corrected chi connectivity index (χ1v) is 10.0. The van der Waals surface area contributed by atoms with Crippen LogP contribution in [0, 0.1) is 11.3 Å². The van der Waals surface area contributed by atoms with Gasteiger partial charge in [-0.3, -0.25) is 14.5 Å². The van der Waals surface area contributed by atoms with Crippen molar-refractivity contribution < 1.29 is 23.9 Å². The fraction of sp³-hybridized carbons (Fsp3) is 0.0769. The van der Waals surface area contributed by atoms with E-state index in [-0.39, 0.29) is 22.6 Å². The average molecular weight is 438 g/mol. The van der Waals surface area contributed by atoms with Crippen molar-refractivity contribution in [2.24, 2.45) is 0 Å². The van der Waals surface area contributed by atoms with Crippen molar-refractivity contribution in [1.29, 1.82) is 5.26 Å². The van der Waals surface area contributed by atoms with Gasteiger partial charge in [0.1, 0.15) is 6.54 Å². The molecule has 1 aliphatic rings. The summed E-state index contributed by atoms with van der Waals surface area (Å²) in [5.41, 5.74) is 2.43. The number of esters is 1. The van der Waals surface area contributed by atoms with Crippen molar-refractivity contribution >= 4 is 29.4 Å². The third-order valence-corrected chi connectivity index (χ3v) is 5.09. The van der Waals surface area contributed by atoms with Crippen molar-refractivity contribution in [1.82, 2.24) is 4.90 Å². The van der Waals surface area contributed by atoms with Gasteiger partial charge in [-0.1, -0.05) is 48.5 Å². The van der Waals surface area contributed by atoms with Crippen LogP contribution in [0.15, 0.2) is 72.8 Å². The molecule has 7 nitrogen and oxygen atoms in total. The minimum atomic E-state index is -0.784. The lowest BCUT2D eigenvalue weighted by molar-refractivity contribution is -0.134. The second-order valence-electron chi connectivity index (χ2n) is 7.16. The Labute approximate surface area is 190 Å². The van der Waals surface area contributed by atoms with E-state index in [0.717, 1.165) is 10.5 Å². The summed E-state index contributed by atoms with van der Waals surface area (Å²) >= 11 is 0. The van der Waals surface area contributed by atoms with Gasteiger partial charge in [0.25, 0.3) is 11.8 Å². The fourth-order valence-corrected chi connectivity index (χ4v) is 3.49. The fourth-order valence-electron chi connectivity index (χ4n) is 3.49. The number of hydrogen-bond acceptors (Lipinski definition) is 6. The zero-order valence-electron chi connectivity index (χ0n) is 17.6. The van der Waals surface area contributed by atoms with Crippen LogP contribution in [0.2, 0.25) is 0 Å². The molecule has 0 atom stereocenters. The zero-order chi connectivity index (χ0) is 23.4. The van der Waals surface area contributed by atoms with E-state index in [0.29, 0.717) is 11.1 Å². The summed E-state index contributed by atoms with van der Waals surface area (Å²) in [5.74, 6) is -1.46. The molecular formula is C26H18N2O5. The van der Waals surface area contributed by atoms with Crippen LogP contribution in [0.3, 0.4) is 0 Å². The number of amides is 2. The topological polar surface area (TPSA) is 96.7 Å². The standard InChI is InChI=1S/C26H18N2O5/c1-32-23-14-17(13-19(15-27)18-7-3-2-4-8-18)11-12-22(23)33-24(29)16-28-25(30)20-9-5-6-10-21(20)26(28)31/h2-14H,16H2,1H3/b19-13-. The normalized spacial score (nSPS) is 12.8. The van der Waals surface area contributed by atoms with E-state index in [1.165, 1.54) is 13.2 Å². The van der Waals surface area contributed by atoms with Crippen LogP contribution in [-0.4, -0.2) is 36.3 Å². The first-order valence-electron chi connectivity index (χ1n) is 10.0. The Balaban J connectivity index is 1.51. The van der Waals surface area contributed by atoms with E-state index in [4.69, 9.17) is 9.47 Å². The average Bonchev–Trinajstić information content (AvgIpc) is 3.08. The molecule has 33 heavy (non-hydrogen) atoms. The molecule has 0 aromatic heterocycles. The van der Waals surface area contributed by atoms with Crippen molar-refractivity contribution in [3.8, 4) is 17.6 Å². The Morgan fingerprint density at radius 1 is 0.939 bits per heavy atom. The maximum absolute atomic E-state index is 12.5. The van der Waals surface area contributed by atoms with E-state index in [2.05, 4.69) is 6.07 Å². The van der Waals surface area contributed by atoms with Crippen LogP contribution in [0.1, 0.15) is 31.8 Å². The lowest BCUT2D eigenvalue weighted by Crippen LogP contribution is -2.36. The van der Waals surface area contributed by atoms with Gasteiger partial charge in [-0.05, 0) is 41.5 Å². The Morgan fingerprint density at radius 2 is 1.58 bits per heavy atom. The molecule has 0 saturated heterocycles. The first kappa shape index (κ1) is 21.5. The Morgan fingerprint density at radius 3 is 2.18 bits per heavy atom. The maximum Gasteiger partial charge on any atom is 0.331 e. The van der Waals surface area contributed by atoms with Crippen molar-refractivity contribution in [2.75, 3.05) is 13.7 Å². The molecule has 3 aromatic rings. The molecule has 4 rings (SSSR count). The monoisotopic (exact) mass is 438 g/mol. The second kappa shape index (κ2) is 9.20. The molecule has 1 aliphatic heterocycles. The van der Waals surface area contributed by atoms with E-state index >= 15 is 0 Å². The van der Waals surface area contributed by atoms with Crippen molar-refractivity contribution in [3.05, 3.63) is 95.1 Å². The third-order valence-electron chi connectivity index (χ3n) is 5.09. The van der Waals surface area contributed by atoms with Crippen LogP contribution < -0.4 is 9.47 Å². The predicted molar refractivity (Wildman–Crippen MR) is 120 cm³/mol. The minimum absolute atomic E-state index is 0.134. The van der Waals surface area contributed by atoms with Crippen molar-refractivity contribution in [2.45, 2.75) is 0 Å². The SMILES string of the molecule is COc1cc(/C=C(/C#N)c2ccccc2)ccc1OC(=O)CN1C(=O)c2ccccc2C1=O. The number of imide groups is 1. The smallest absolute Gasteiger partial charge is 0.331 e. The Kier molecular flexibility index (Phi) is 6.00. The number of fused-ring (bicyclic) bond motifs is 1. The zero-order valence-corrected chi connectivity index (χ0v) is 17.6. The molecule has 2 amide bonds. The lowest BCUT2D eigenvalue weighted by Gasteiger charge is -2.14. The van der Waals surface area contributed by atoms with E-state index in [1.54, 1.807) is 42.5 Å². The quantitative estimate of drug-likeness (QED) is 0.190. The van der Waals surface area contributed by atoms with E-state index < -0.39 is 24.3 Å². The molecule has 0 saturated carbocycles. The molecule has 162 valence electrons. The highest BCUT2D eigenvalue weighted by Crippen LogP contribution is 2.30. The summed E-state index contributed by atoms with van der Waals surface area (Å²) < 4.78 is 10.7. The highest BCUT2D eigenvalue weighted by molar-refractivity contribution is 6.22. The van der Waals surface area contributed by atoms with E-state index in [9.17, 15) is 19.6 Å². The largest absolute Gasteiger partial charge is 0.493 e. The van der Waals surface area contributed by atoms with E-state index in [1.807, 2.05) is 30.3 Å². The molecule has 7 heteroatoms. The summed E-state index contributed by atoms with van der Waals surface area (Å²) in [7, 11) is 1.42. The Bertz CT molecular complexity index is 1290. The van der Waals surface area contributed by atoms with Crippen LogP contribution in [0.25, 0.3) is 11.6 Å². The third kappa shape index (κ3) is 4.36. The summed E-state index contributed by atoms with van der Waals surface area (Å²) in [6.07, 6.45) is 1.70. The van der Waals surface area contributed by atoms with Crippen LogP contribution in [-0.2, 0) is 4.79 Å². The van der Waals surface area contributed by atoms with Gasteiger partial charge < -0.3 is 9.47 Å². The van der Waals surface area contributed by atoms with Gasteiger partial charge >= 0.3 is 5.97 Å². The second-order valence-corrected chi connectivity index (χ2v) is 7.16. The van der Waals surface area contributed by atoms with Crippen LogP contribution in [0.5, 0.6) is 11.5 Å². The number of carbonyl (C=O) groups excluding carboxylic acids is 3. The van der Waals surface area contributed by atoms with Gasteiger partial charge in [-0.2, -0.15) is 5.26 Å². The number of methoxy groups -OCH3 is 1. The van der Waals surface area contributed by atoms with Gasteiger partial charge in [-0.15, -0.1) is 0 Å². The van der Waals surface area contributed by atoms with Gasteiger partial charge in [0.2, 0.25) is 0 Å².